The molecule has 2 aliphatic heterocycles. The Labute approximate surface area is 172 Å². The molecule has 0 atom stereocenters. The van der Waals surface area contributed by atoms with Gasteiger partial charge in [0.2, 0.25) is 15.9 Å². The number of fused-ring (bicyclic) bond motifs is 1. The van der Waals surface area contributed by atoms with Crippen molar-refractivity contribution in [3.8, 4) is 11.5 Å². The van der Waals surface area contributed by atoms with Gasteiger partial charge in [0, 0.05) is 38.2 Å². The van der Waals surface area contributed by atoms with Gasteiger partial charge in [-0.1, -0.05) is 6.92 Å². The van der Waals surface area contributed by atoms with Crippen LogP contribution in [0.4, 0.5) is 0 Å². The lowest BCUT2D eigenvalue weighted by Crippen LogP contribution is -2.44. The summed E-state index contributed by atoms with van der Waals surface area (Å²) in [4.78, 5) is 12.4. The van der Waals surface area contributed by atoms with Crippen LogP contribution in [0.5, 0.6) is 11.5 Å². The van der Waals surface area contributed by atoms with Gasteiger partial charge in [-0.15, -0.1) is 12.4 Å². The topological polar surface area (TPSA) is 97.0 Å². The maximum Gasteiger partial charge on any atom is 0.243 e. The highest BCUT2D eigenvalue weighted by Gasteiger charge is 2.32. The van der Waals surface area contributed by atoms with E-state index in [9.17, 15) is 13.2 Å². The molecule has 3 rings (SSSR count). The highest BCUT2D eigenvalue weighted by Crippen LogP contribution is 2.34. The van der Waals surface area contributed by atoms with E-state index in [4.69, 9.17) is 9.47 Å². The molecule has 0 aliphatic carbocycles. The summed E-state index contributed by atoms with van der Waals surface area (Å²) >= 11 is 0. The van der Waals surface area contributed by atoms with Crippen LogP contribution in [0.25, 0.3) is 0 Å². The average Bonchev–Trinajstić information content (AvgIpc) is 2.70. The predicted molar refractivity (Wildman–Crippen MR) is 108 cm³/mol. The van der Waals surface area contributed by atoms with E-state index >= 15 is 0 Å². The Morgan fingerprint density at radius 2 is 1.82 bits per heavy atom. The van der Waals surface area contributed by atoms with Crippen LogP contribution >= 0.6 is 12.4 Å². The van der Waals surface area contributed by atoms with Crippen LogP contribution in [0.3, 0.4) is 0 Å². The minimum atomic E-state index is -3.61. The van der Waals surface area contributed by atoms with Gasteiger partial charge in [0.05, 0.1) is 4.90 Å². The first kappa shape index (κ1) is 22.7. The molecular weight excluding hydrogens is 406 g/mol. The lowest BCUT2D eigenvalue weighted by atomic mass is 9.97. The molecule has 2 N–H and O–H groups in total. The number of rotatable bonds is 7. The summed E-state index contributed by atoms with van der Waals surface area (Å²) in [5, 5.41) is 6.06. The lowest BCUT2D eigenvalue weighted by Gasteiger charge is -2.30. The average molecular weight is 434 g/mol. The Bertz CT molecular complexity index is 766. The fraction of sp³-hybridized carbons (Fsp3) is 0.611. The summed E-state index contributed by atoms with van der Waals surface area (Å²) in [6, 6.07) is 4.69. The standard InChI is InChI=1S/C18H27N3O5S.ClH/c1-2-19-7-8-20-18(22)14-5-9-21(10-6-14)27(23,24)15-3-4-16-17(13-15)26-12-11-25-16;/h3-4,13-14,19H,2,5-12H2,1H3,(H,20,22);1H. The van der Waals surface area contributed by atoms with Crippen molar-refractivity contribution in [3.05, 3.63) is 18.2 Å². The van der Waals surface area contributed by atoms with E-state index < -0.39 is 10.0 Å². The van der Waals surface area contributed by atoms with Gasteiger partial charge < -0.3 is 20.1 Å². The summed E-state index contributed by atoms with van der Waals surface area (Å²) in [7, 11) is -3.61. The quantitative estimate of drug-likeness (QED) is 0.623. The second-order valence-electron chi connectivity index (χ2n) is 6.63. The van der Waals surface area contributed by atoms with Crippen molar-refractivity contribution in [3.63, 3.8) is 0 Å². The number of likely N-dealkylation sites (N-methyl/N-ethyl adjacent to an activating group) is 1. The molecule has 1 fully saturated rings. The number of piperidine rings is 1. The smallest absolute Gasteiger partial charge is 0.243 e. The molecule has 0 saturated carbocycles. The zero-order chi connectivity index (χ0) is 19.3. The number of nitrogens with one attached hydrogen (secondary N) is 2. The van der Waals surface area contributed by atoms with Gasteiger partial charge in [0.15, 0.2) is 11.5 Å². The largest absolute Gasteiger partial charge is 0.486 e. The van der Waals surface area contributed by atoms with E-state index in [2.05, 4.69) is 10.6 Å². The number of carbonyl (C=O) groups excluding carboxylic acids is 1. The molecule has 10 heteroatoms. The fourth-order valence-corrected chi connectivity index (χ4v) is 4.77. The second-order valence-corrected chi connectivity index (χ2v) is 8.57. The first-order valence-electron chi connectivity index (χ1n) is 9.40. The third-order valence-corrected chi connectivity index (χ3v) is 6.72. The lowest BCUT2D eigenvalue weighted by molar-refractivity contribution is -0.126. The second kappa shape index (κ2) is 10.3. The number of hydrogen-bond acceptors (Lipinski definition) is 6. The minimum absolute atomic E-state index is 0. The molecule has 1 amide bonds. The Hall–Kier alpha value is -1.55. The normalized spacial score (nSPS) is 17.6. The molecule has 28 heavy (non-hydrogen) atoms. The van der Waals surface area contributed by atoms with Crippen LogP contribution in [-0.2, 0) is 14.8 Å². The van der Waals surface area contributed by atoms with Crippen molar-refractivity contribution < 1.29 is 22.7 Å². The zero-order valence-electron chi connectivity index (χ0n) is 16.0. The summed E-state index contributed by atoms with van der Waals surface area (Å²) in [5.41, 5.74) is 0. The van der Waals surface area contributed by atoms with Gasteiger partial charge in [0.1, 0.15) is 13.2 Å². The van der Waals surface area contributed by atoms with Crippen molar-refractivity contribution in [1.82, 2.24) is 14.9 Å². The Balaban J connectivity index is 0.00000280. The van der Waals surface area contributed by atoms with E-state index in [0.717, 1.165) is 13.1 Å². The van der Waals surface area contributed by atoms with E-state index in [-0.39, 0.29) is 29.1 Å². The molecular formula is C18H28ClN3O5S. The summed E-state index contributed by atoms with van der Waals surface area (Å²) in [6.45, 7) is 5.74. The summed E-state index contributed by atoms with van der Waals surface area (Å²) in [6.07, 6.45) is 1.05. The molecule has 8 nitrogen and oxygen atoms in total. The number of amides is 1. The molecule has 1 saturated heterocycles. The number of carbonyl (C=O) groups is 1. The van der Waals surface area contributed by atoms with Crippen molar-refractivity contribution in [2.24, 2.45) is 5.92 Å². The first-order chi connectivity index (χ1) is 13.0. The van der Waals surface area contributed by atoms with E-state index in [1.165, 1.54) is 10.4 Å². The fourth-order valence-electron chi connectivity index (χ4n) is 3.29. The van der Waals surface area contributed by atoms with Gasteiger partial charge in [-0.25, -0.2) is 8.42 Å². The molecule has 2 heterocycles. The SMILES string of the molecule is CCNCCNC(=O)C1CCN(S(=O)(=O)c2ccc3c(c2)OCCO3)CC1.Cl. The third kappa shape index (κ3) is 5.28. The van der Waals surface area contributed by atoms with Gasteiger partial charge >= 0.3 is 0 Å². The summed E-state index contributed by atoms with van der Waals surface area (Å²) in [5.74, 6) is 0.882. The molecule has 0 spiro atoms. The van der Waals surface area contributed by atoms with Crippen molar-refractivity contribution in [1.29, 1.82) is 0 Å². The van der Waals surface area contributed by atoms with Crippen LogP contribution in [0, 0.1) is 5.92 Å². The van der Waals surface area contributed by atoms with E-state index in [0.29, 0.717) is 57.2 Å². The Morgan fingerprint density at radius 1 is 1.14 bits per heavy atom. The molecule has 2 aliphatic rings. The number of hydrogen-bond donors (Lipinski definition) is 2. The Kier molecular flexibility index (Phi) is 8.36. The number of sulfonamides is 1. The van der Waals surface area contributed by atoms with Crippen molar-refractivity contribution in [2.45, 2.75) is 24.7 Å². The minimum Gasteiger partial charge on any atom is -0.486 e. The third-order valence-electron chi connectivity index (χ3n) is 4.83. The van der Waals surface area contributed by atoms with Gasteiger partial charge in [0.25, 0.3) is 0 Å². The van der Waals surface area contributed by atoms with Gasteiger partial charge in [-0.2, -0.15) is 4.31 Å². The Morgan fingerprint density at radius 3 is 2.50 bits per heavy atom. The first-order valence-corrected chi connectivity index (χ1v) is 10.8. The monoisotopic (exact) mass is 433 g/mol. The molecule has 0 radical (unpaired) electrons. The number of ether oxygens (including phenoxy) is 2. The highest BCUT2D eigenvalue weighted by atomic mass is 35.5. The van der Waals surface area contributed by atoms with E-state index in [1.807, 2.05) is 6.92 Å². The maximum atomic E-state index is 12.9. The van der Waals surface area contributed by atoms with Crippen LogP contribution in [0.15, 0.2) is 23.1 Å². The number of nitrogens with zero attached hydrogens (tertiary/aromatic N) is 1. The molecule has 0 aromatic heterocycles. The molecule has 0 unspecified atom stereocenters. The number of benzene rings is 1. The van der Waals surface area contributed by atoms with Gasteiger partial charge in [-0.3, -0.25) is 4.79 Å². The summed E-state index contributed by atoms with van der Waals surface area (Å²) < 4.78 is 38.2. The number of halogens is 1. The predicted octanol–water partition coefficient (Wildman–Crippen LogP) is 1.01. The molecule has 1 aromatic carbocycles. The van der Waals surface area contributed by atoms with E-state index in [1.54, 1.807) is 12.1 Å². The highest BCUT2D eigenvalue weighted by molar-refractivity contribution is 7.89. The van der Waals surface area contributed by atoms with Crippen LogP contribution < -0.4 is 20.1 Å². The van der Waals surface area contributed by atoms with Crippen LogP contribution in [-0.4, -0.2) is 64.6 Å². The van der Waals surface area contributed by atoms with Crippen molar-refractivity contribution in [2.75, 3.05) is 45.9 Å². The zero-order valence-corrected chi connectivity index (χ0v) is 17.6. The molecule has 0 bridgehead atoms. The van der Waals surface area contributed by atoms with Crippen LogP contribution in [0.1, 0.15) is 19.8 Å². The molecule has 1 aromatic rings. The van der Waals surface area contributed by atoms with Crippen LogP contribution in [0.2, 0.25) is 0 Å². The maximum absolute atomic E-state index is 12.9. The van der Waals surface area contributed by atoms with Gasteiger partial charge in [-0.05, 0) is 31.5 Å². The van der Waals surface area contributed by atoms with Crippen molar-refractivity contribution >= 4 is 28.3 Å². The molecule has 158 valence electrons.